The van der Waals surface area contributed by atoms with Gasteiger partial charge in [-0.25, -0.2) is 4.98 Å². The van der Waals surface area contributed by atoms with E-state index in [1.54, 1.807) is 14.2 Å². The second kappa shape index (κ2) is 12.2. The van der Waals surface area contributed by atoms with Crippen molar-refractivity contribution in [2.45, 2.75) is 26.9 Å². The smallest absolute Gasteiger partial charge is 0.195 e. The van der Waals surface area contributed by atoms with Gasteiger partial charge in [0.05, 0.1) is 13.7 Å². The summed E-state index contributed by atoms with van der Waals surface area (Å²) in [5, 5.41) is 6.65. The molecule has 2 N–H and O–H groups in total. The molecule has 0 saturated carbocycles. The number of hydrogen-bond donors (Lipinski definition) is 2. The molecule has 0 spiro atoms. The molecule has 0 saturated heterocycles. The van der Waals surface area contributed by atoms with Crippen LogP contribution in [-0.4, -0.2) is 36.3 Å². The van der Waals surface area contributed by atoms with Gasteiger partial charge in [-0.15, -0.1) is 24.0 Å². The molecule has 0 amide bonds. The first-order valence-electron chi connectivity index (χ1n) is 9.97. The van der Waals surface area contributed by atoms with Gasteiger partial charge in [0.25, 0.3) is 0 Å². The molecule has 8 heteroatoms. The Bertz CT molecular complexity index is 1000. The Balaban J connectivity index is 0.00000341. The molecular weight excluding hydrogens is 505 g/mol. The van der Waals surface area contributed by atoms with Gasteiger partial charge in [0, 0.05) is 44.3 Å². The normalized spacial score (nSPS) is 10.9. The quantitative estimate of drug-likeness (QED) is 0.253. The molecule has 3 rings (SSSR count). The minimum Gasteiger partial charge on any atom is -0.493 e. The number of aliphatic imine (C=N–C) groups is 1. The van der Waals surface area contributed by atoms with E-state index in [0.717, 1.165) is 23.8 Å². The van der Waals surface area contributed by atoms with Crippen LogP contribution in [0.5, 0.6) is 11.5 Å². The fourth-order valence-corrected chi connectivity index (χ4v) is 3.13. The van der Waals surface area contributed by atoms with Crippen LogP contribution in [0, 0.1) is 6.92 Å². The van der Waals surface area contributed by atoms with Gasteiger partial charge in [0.1, 0.15) is 5.82 Å². The Hall–Kier alpha value is -2.75. The Kier molecular flexibility index (Phi) is 9.64. The Morgan fingerprint density at radius 1 is 1.13 bits per heavy atom. The van der Waals surface area contributed by atoms with Crippen LogP contribution in [0.25, 0.3) is 0 Å². The summed E-state index contributed by atoms with van der Waals surface area (Å²) in [7, 11) is 3.38. The summed E-state index contributed by atoms with van der Waals surface area (Å²) in [6.07, 6.45) is 3.82. The largest absolute Gasteiger partial charge is 0.493 e. The van der Waals surface area contributed by atoms with Gasteiger partial charge in [0.2, 0.25) is 0 Å². The highest BCUT2D eigenvalue weighted by atomic mass is 127. The van der Waals surface area contributed by atoms with Crippen LogP contribution in [0.4, 0.5) is 5.69 Å². The SMILES string of the molecule is CCOc1ccc(NC(=NC)NCc2cccc(Cn3ccnc3C)c2)cc1OC.I. The summed E-state index contributed by atoms with van der Waals surface area (Å²) in [6.45, 7) is 6.01. The molecule has 0 atom stereocenters. The molecule has 2 aromatic carbocycles. The van der Waals surface area contributed by atoms with Crippen LogP contribution in [0.3, 0.4) is 0 Å². The molecule has 1 heterocycles. The van der Waals surface area contributed by atoms with Gasteiger partial charge in [-0.1, -0.05) is 24.3 Å². The van der Waals surface area contributed by atoms with Gasteiger partial charge in [-0.05, 0) is 37.1 Å². The number of benzene rings is 2. The predicted octanol–water partition coefficient (Wildman–Crippen LogP) is 4.45. The van der Waals surface area contributed by atoms with E-state index in [4.69, 9.17) is 9.47 Å². The molecule has 0 aliphatic rings. The summed E-state index contributed by atoms with van der Waals surface area (Å²) in [5.74, 6) is 3.09. The number of imidazole rings is 1. The second-order valence-electron chi connectivity index (χ2n) is 6.77. The standard InChI is InChI=1S/C23H29N5O2.HI/c1-5-30-21-10-9-20(14-22(21)29-4)27-23(24-3)26-15-18-7-6-8-19(13-18)16-28-12-11-25-17(28)2;/h6-14H,5,15-16H2,1-4H3,(H2,24,26,27);1H. The van der Waals surface area contributed by atoms with E-state index in [9.17, 15) is 0 Å². The number of nitrogens with one attached hydrogen (secondary N) is 2. The second-order valence-corrected chi connectivity index (χ2v) is 6.77. The first-order chi connectivity index (χ1) is 14.6. The summed E-state index contributed by atoms with van der Waals surface area (Å²) in [6, 6.07) is 14.2. The van der Waals surface area contributed by atoms with E-state index in [-0.39, 0.29) is 24.0 Å². The van der Waals surface area contributed by atoms with Crippen LogP contribution in [0.2, 0.25) is 0 Å². The average Bonchev–Trinajstić information content (AvgIpc) is 3.16. The summed E-state index contributed by atoms with van der Waals surface area (Å²) >= 11 is 0. The lowest BCUT2D eigenvalue weighted by atomic mass is 10.1. The lowest BCUT2D eigenvalue weighted by molar-refractivity contribution is 0.311. The molecule has 31 heavy (non-hydrogen) atoms. The number of nitrogens with zero attached hydrogens (tertiary/aromatic N) is 3. The number of guanidine groups is 1. The van der Waals surface area contributed by atoms with Crippen molar-refractivity contribution in [3.8, 4) is 11.5 Å². The molecule has 7 nitrogen and oxygen atoms in total. The maximum Gasteiger partial charge on any atom is 0.195 e. The van der Waals surface area contributed by atoms with Crippen molar-refractivity contribution in [2.24, 2.45) is 4.99 Å². The third-order valence-electron chi connectivity index (χ3n) is 4.68. The monoisotopic (exact) mass is 535 g/mol. The van der Waals surface area contributed by atoms with Crippen molar-refractivity contribution in [1.29, 1.82) is 0 Å². The van der Waals surface area contributed by atoms with Crippen LogP contribution in [0.15, 0.2) is 59.9 Å². The topological polar surface area (TPSA) is 72.7 Å². The van der Waals surface area contributed by atoms with Gasteiger partial charge in [0.15, 0.2) is 17.5 Å². The number of hydrogen-bond acceptors (Lipinski definition) is 4. The maximum absolute atomic E-state index is 5.57. The number of ether oxygens (including phenoxy) is 2. The minimum atomic E-state index is 0. The van der Waals surface area contributed by atoms with Crippen LogP contribution in [0.1, 0.15) is 23.9 Å². The van der Waals surface area contributed by atoms with Crippen molar-refractivity contribution < 1.29 is 9.47 Å². The van der Waals surface area contributed by atoms with Crippen LogP contribution >= 0.6 is 24.0 Å². The maximum atomic E-state index is 5.57. The number of halogens is 1. The lowest BCUT2D eigenvalue weighted by Crippen LogP contribution is -2.30. The molecule has 0 aliphatic carbocycles. The van der Waals surface area contributed by atoms with E-state index in [2.05, 4.69) is 49.4 Å². The van der Waals surface area contributed by atoms with Crippen molar-refractivity contribution in [1.82, 2.24) is 14.9 Å². The van der Waals surface area contributed by atoms with Gasteiger partial charge >= 0.3 is 0 Å². The Labute approximate surface area is 200 Å². The summed E-state index contributed by atoms with van der Waals surface area (Å²) in [4.78, 5) is 8.60. The minimum absolute atomic E-state index is 0. The number of anilines is 1. The Morgan fingerprint density at radius 3 is 2.61 bits per heavy atom. The van der Waals surface area contributed by atoms with E-state index in [1.165, 1.54) is 11.1 Å². The lowest BCUT2D eigenvalue weighted by Gasteiger charge is -2.15. The highest BCUT2D eigenvalue weighted by Crippen LogP contribution is 2.30. The van der Waals surface area contributed by atoms with E-state index >= 15 is 0 Å². The number of rotatable bonds is 8. The van der Waals surface area contributed by atoms with Crippen LogP contribution < -0.4 is 20.1 Å². The third-order valence-corrected chi connectivity index (χ3v) is 4.68. The Morgan fingerprint density at radius 2 is 1.94 bits per heavy atom. The first kappa shape index (κ1) is 24.5. The fourth-order valence-electron chi connectivity index (χ4n) is 3.13. The van der Waals surface area contributed by atoms with Gasteiger partial charge in [-0.2, -0.15) is 0 Å². The van der Waals surface area contributed by atoms with Crippen molar-refractivity contribution in [3.05, 3.63) is 71.8 Å². The number of methoxy groups -OCH3 is 1. The van der Waals surface area contributed by atoms with Gasteiger partial charge < -0.3 is 24.7 Å². The molecule has 0 unspecified atom stereocenters. The molecule has 1 aromatic heterocycles. The zero-order chi connectivity index (χ0) is 21.3. The molecule has 3 aromatic rings. The predicted molar refractivity (Wildman–Crippen MR) is 136 cm³/mol. The van der Waals surface area contributed by atoms with E-state index < -0.39 is 0 Å². The van der Waals surface area contributed by atoms with Gasteiger partial charge in [-0.3, -0.25) is 4.99 Å². The molecular formula is C23H30IN5O2. The number of aromatic nitrogens is 2. The molecule has 0 aliphatic heterocycles. The zero-order valence-corrected chi connectivity index (χ0v) is 20.7. The van der Waals surface area contributed by atoms with Crippen molar-refractivity contribution >= 4 is 35.6 Å². The molecule has 0 bridgehead atoms. The summed E-state index contributed by atoms with van der Waals surface area (Å²) < 4.78 is 13.1. The zero-order valence-electron chi connectivity index (χ0n) is 18.4. The highest BCUT2D eigenvalue weighted by molar-refractivity contribution is 14.0. The molecule has 0 fully saturated rings. The highest BCUT2D eigenvalue weighted by Gasteiger charge is 2.07. The summed E-state index contributed by atoms with van der Waals surface area (Å²) in [5.41, 5.74) is 3.28. The number of aryl methyl sites for hydroxylation is 1. The van der Waals surface area contributed by atoms with Crippen molar-refractivity contribution in [2.75, 3.05) is 26.1 Å². The van der Waals surface area contributed by atoms with Crippen LogP contribution in [-0.2, 0) is 13.1 Å². The molecule has 0 radical (unpaired) electrons. The fraction of sp³-hybridized carbons (Fsp3) is 0.304. The molecule has 166 valence electrons. The van der Waals surface area contributed by atoms with Crippen molar-refractivity contribution in [3.63, 3.8) is 0 Å². The first-order valence-corrected chi connectivity index (χ1v) is 9.97. The third kappa shape index (κ3) is 6.88. The average molecular weight is 535 g/mol. The van der Waals surface area contributed by atoms with E-state index in [0.29, 0.717) is 24.9 Å². The van der Waals surface area contributed by atoms with E-state index in [1.807, 2.05) is 44.4 Å².